The SMILES string of the molecule is COC[C@H](C)N(C)S(=O)(=O)c1cccc(-n2cnnn2)c1. The molecule has 0 radical (unpaired) electrons. The van der Waals surface area contributed by atoms with Gasteiger partial charge in [0.1, 0.15) is 6.33 Å². The van der Waals surface area contributed by atoms with E-state index >= 15 is 0 Å². The molecule has 8 nitrogen and oxygen atoms in total. The third-order valence-electron chi connectivity index (χ3n) is 3.14. The number of hydrogen-bond donors (Lipinski definition) is 0. The van der Waals surface area contributed by atoms with Gasteiger partial charge in [-0.3, -0.25) is 0 Å². The Morgan fingerprint density at radius 2 is 2.19 bits per heavy atom. The fourth-order valence-corrected chi connectivity index (χ4v) is 3.20. The molecule has 0 fully saturated rings. The average molecular weight is 311 g/mol. The Morgan fingerprint density at radius 1 is 1.43 bits per heavy atom. The Hall–Kier alpha value is -1.84. The van der Waals surface area contributed by atoms with Crippen LogP contribution < -0.4 is 0 Å². The highest BCUT2D eigenvalue weighted by molar-refractivity contribution is 7.89. The lowest BCUT2D eigenvalue weighted by molar-refractivity contribution is 0.149. The fourth-order valence-electron chi connectivity index (χ4n) is 1.82. The van der Waals surface area contributed by atoms with Crippen LogP contribution in [0.15, 0.2) is 35.5 Å². The van der Waals surface area contributed by atoms with E-state index in [1.807, 2.05) is 0 Å². The maximum absolute atomic E-state index is 12.6. The second-order valence-corrected chi connectivity index (χ2v) is 6.57. The van der Waals surface area contributed by atoms with Gasteiger partial charge < -0.3 is 4.74 Å². The molecule has 0 aliphatic carbocycles. The molecule has 0 aliphatic rings. The van der Waals surface area contributed by atoms with Crippen molar-refractivity contribution in [2.75, 3.05) is 20.8 Å². The molecule has 1 aromatic carbocycles. The zero-order valence-electron chi connectivity index (χ0n) is 12.0. The molecular formula is C12H17N5O3S. The molecule has 9 heteroatoms. The van der Waals surface area contributed by atoms with E-state index in [1.54, 1.807) is 25.1 Å². The van der Waals surface area contributed by atoms with Gasteiger partial charge in [-0.15, -0.1) is 5.10 Å². The van der Waals surface area contributed by atoms with Crippen LogP contribution in [0.25, 0.3) is 5.69 Å². The topological polar surface area (TPSA) is 90.2 Å². The van der Waals surface area contributed by atoms with Crippen LogP contribution in [0.3, 0.4) is 0 Å². The predicted octanol–water partition coefficient (Wildman–Crippen LogP) is 0.318. The van der Waals surface area contributed by atoms with E-state index in [-0.39, 0.29) is 10.9 Å². The van der Waals surface area contributed by atoms with Crippen molar-refractivity contribution >= 4 is 10.0 Å². The molecule has 0 amide bonds. The van der Waals surface area contributed by atoms with Crippen LogP contribution >= 0.6 is 0 Å². The number of likely N-dealkylation sites (N-methyl/N-ethyl adjacent to an activating group) is 1. The summed E-state index contributed by atoms with van der Waals surface area (Å²) >= 11 is 0. The normalized spacial score (nSPS) is 13.5. The summed E-state index contributed by atoms with van der Waals surface area (Å²) in [4.78, 5) is 0.181. The molecule has 2 aromatic rings. The Balaban J connectivity index is 2.35. The van der Waals surface area contributed by atoms with Crippen LogP contribution in [-0.2, 0) is 14.8 Å². The number of methoxy groups -OCH3 is 1. The third-order valence-corrected chi connectivity index (χ3v) is 5.10. The smallest absolute Gasteiger partial charge is 0.243 e. The molecule has 21 heavy (non-hydrogen) atoms. The Labute approximate surface area is 123 Å². The van der Waals surface area contributed by atoms with Gasteiger partial charge in [0, 0.05) is 20.2 Å². The van der Waals surface area contributed by atoms with E-state index in [9.17, 15) is 8.42 Å². The molecule has 0 aliphatic heterocycles. The van der Waals surface area contributed by atoms with Crippen LogP contribution in [-0.4, -0.2) is 59.7 Å². The first-order valence-electron chi connectivity index (χ1n) is 6.27. The number of ether oxygens (including phenoxy) is 1. The molecule has 1 heterocycles. The van der Waals surface area contributed by atoms with Crippen molar-refractivity contribution < 1.29 is 13.2 Å². The van der Waals surface area contributed by atoms with Gasteiger partial charge in [-0.25, -0.2) is 13.1 Å². The molecular weight excluding hydrogens is 294 g/mol. The number of hydrogen-bond acceptors (Lipinski definition) is 6. The van der Waals surface area contributed by atoms with Crippen LogP contribution in [0.5, 0.6) is 0 Å². The molecule has 114 valence electrons. The lowest BCUT2D eigenvalue weighted by Crippen LogP contribution is -2.37. The van der Waals surface area contributed by atoms with E-state index in [2.05, 4.69) is 15.5 Å². The van der Waals surface area contributed by atoms with Crippen LogP contribution in [0.2, 0.25) is 0 Å². The summed E-state index contributed by atoms with van der Waals surface area (Å²) < 4.78 is 32.8. The molecule has 1 atom stereocenters. The number of benzene rings is 1. The van der Waals surface area contributed by atoms with Crippen molar-refractivity contribution in [3.63, 3.8) is 0 Å². The van der Waals surface area contributed by atoms with E-state index in [1.165, 1.54) is 35.5 Å². The number of rotatable bonds is 6. The van der Waals surface area contributed by atoms with Gasteiger partial charge in [0.15, 0.2) is 0 Å². The highest BCUT2D eigenvalue weighted by Gasteiger charge is 2.25. The molecule has 0 N–H and O–H groups in total. The summed E-state index contributed by atoms with van der Waals surface area (Å²) in [7, 11) is -0.535. The molecule has 0 saturated heterocycles. The highest BCUT2D eigenvalue weighted by atomic mass is 32.2. The molecule has 0 unspecified atom stereocenters. The largest absolute Gasteiger partial charge is 0.383 e. The van der Waals surface area contributed by atoms with Gasteiger partial charge in [0.2, 0.25) is 10.0 Å². The van der Waals surface area contributed by atoms with Gasteiger partial charge in [0.25, 0.3) is 0 Å². The molecule has 0 bridgehead atoms. The van der Waals surface area contributed by atoms with E-state index in [0.717, 1.165) is 0 Å². The summed E-state index contributed by atoms with van der Waals surface area (Å²) in [6, 6.07) is 6.19. The lowest BCUT2D eigenvalue weighted by Gasteiger charge is -2.23. The summed E-state index contributed by atoms with van der Waals surface area (Å²) in [5.41, 5.74) is 0.578. The van der Waals surface area contributed by atoms with Crippen molar-refractivity contribution in [1.82, 2.24) is 24.5 Å². The molecule has 1 aromatic heterocycles. The minimum Gasteiger partial charge on any atom is -0.383 e. The summed E-state index contributed by atoms with van der Waals surface area (Å²) in [5.74, 6) is 0. The van der Waals surface area contributed by atoms with E-state index in [4.69, 9.17) is 4.74 Å². The first-order chi connectivity index (χ1) is 9.96. The van der Waals surface area contributed by atoms with Gasteiger partial charge in [-0.2, -0.15) is 4.31 Å². The molecule has 2 rings (SSSR count). The minimum atomic E-state index is -3.60. The quantitative estimate of drug-likeness (QED) is 0.763. The average Bonchev–Trinajstić information content (AvgIpc) is 3.01. The predicted molar refractivity (Wildman–Crippen MR) is 75.4 cm³/mol. The monoisotopic (exact) mass is 311 g/mol. The van der Waals surface area contributed by atoms with Gasteiger partial charge in [-0.1, -0.05) is 6.07 Å². The first-order valence-corrected chi connectivity index (χ1v) is 7.71. The van der Waals surface area contributed by atoms with Crippen LogP contribution in [0, 0.1) is 0 Å². The maximum Gasteiger partial charge on any atom is 0.243 e. The second kappa shape index (κ2) is 6.29. The Kier molecular flexibility index (Phi) is 4.66. The minimum absolute atomic E-state index is 0.181. The van der Waals surface area contributed by atoms with Crippen molar-refractivity contribution in [3.8, 4) is 5.69 Å². The van der Waals surface area contributed by atoms with Gasteiger partial charge in [-0.05, 0) is 35.5 Å². The summed E-state index contributed by atoms with van der Waals surface area (Å²) in [6.45, 7) is 2.11. The summed E-state index contributed by atoms with van der Waals surface area (Å²) in [6.07, 6.45) is 1.41. The van der Waals surface area contributed by atoms with Crippen molar-refractivity contribution in [2.45, 2.75) is 17.9 Å². The third kappa shape index (κ3) is 3.26. The van der Waals surface area contributed by atoms with Gasteiger partial charge in [0.05, 0.1) is 17.2 Å². The zero-order chi connectivity index (χ0) is 15.5. The Bertz CT molecular complexity index is 687. The second-order valence-electron chi connectivity index (χ2n) is 4.58. The Morgan fingerprint density at radius 3 is 2.81 bits per heavy atom. The van der Waals surface area contributed by atoms with Crippen LogP contribution in [0.1, 0.15) is 6.92 Å². The first kappa shape index (κ1) is 15.5. The molecule has 0 saturated carbocycles. The van der Waals surface area contributed by atoms with E-state index < -0.39 is 10.0 Å². The number of aromatic nitrogens is 4. The van der Waals surface area contributed by atoms with Crippen LogP contribution in [0.4, 0.5) is 0 Å². The number of nitrogens with zero attached hydrogens (tertiary/aromatic N) is 5. The number of sulfonamides is 1. The highest BCUT2D eigenvalue weighted by Crippen LogP contribution is 2.19. The zero-order valence-corrected chi connectivity index (χ0v) is 12.9. The van der Waals surface area contributed by atoms with Crippen molar-refractivity contribution in [2.24, 2.45) is 0 Å². The number of tetrazole rings is 1. The molecule has 0 spiro atoms. The van der Waals surface area contributed by atoms with E-state index in [0.29, 0.717) is 12.3 Å². The van der Waals surface area contributed by atoms with Crippen molar-refractivity contribution in [1.29, 1.82) is 0 Å². The standard InChI is InChI=1S/C12H17N5O3S/c1-10(8-20-3)16(2)21(18,19)12-6-4-5-11(7-12)17-9-13-14-15-17/h4-7,9-10H,8H2,1-3H3/t10-/m0/s1. The maximum atomic E-state index is 12.6. The lowest BCUT2D eigenvalue weighted by atomic mass is 10.3. The fraction of sp³-hybridized carbons (Fsp3) is 0.417. The van der Waals surface area contributed by atoms with Gasteiger partial charge >= 0.3 is 0 Å². The van der Waals surface area contributed by atoms with Crippen molar-refractivity contribution in [3.05, 3.63) is 30.6 Å². The summed E-state index contributed by atoms with van der Waals surface area (Å²) in [5, 5.41) is 10.8.